The Balaban J connectivity index is 2.28. The molecule has 0 radical (unpaired) electrons. The van der Waals surface area contributed by atoms with Crippen LogP contribution in [0, 0.1) is 5.82 Å². The molecule has 0 amide bonds. The fourth-order valence-corrected chi connectivity index (χ4v) is 2.52. The van der Waals surface area contributed by atoms with E-state index in [-0.39, 0.29) is 5.02 Å². The summed E-state index contributed by atoms with van der Waals surface area (Å²) in [5.74, 6) is -0.480. The van der Waals surface area contributed by atoms with Crippen LogP contribution in [0.2, 0.25) is 15.1 Å². The Morgan fingerprint density at radius 2 is 1.68 bits per heavy atom. The van der Waals surface area contributed by atoms with Crippen molar-refractivity contribution in [3.8, 4) is 0 Å². The van der Waals surface area contributed by atoms with Gasteiger partial charge >= 0.3 is 0 Å². The third-order valence-electron chi connectivity index (χ3n) is 2.85. The van der Waals surface area contributed by atoms with Crippen LogP contribution < -0.4 is 5.73 Å². The molecule has 100 valence electrons. The molecule has 5 heteroatoms. The molecule has 0 fully saturated rings. The van der Waals surface area contributed by atoms with E-state index in [9.17, 15) is 4.39 Å². The Morgan fingerprint density at radius 1 is 1.00 bits per heavy atom. The van der Waals surface area contributed by atoms with Gasteiger partial charge in [-0.15, -0.1) is 0 Å². The van der Waals surface area contributed by atoms with Gasteiger partial charge in [0.1, 0.15) is 5.82 Å². The first-order valence-corrected chi connectivity index (χ1v) is 6.76. The number of hydrogen-bond donors (Lipinski definition) is 1. The van der Waals surface area contributed by atoms with E-state index in [0.29, 0.717) is 22.0 Å². The summed E-state index contributed by atoms with van der Waals surface area (Å²) in [7, 11) is 0. The summed E-state index contributed by atoms with van der Waals surface area (Å²) in [6.07, 6.45) is 0.433. The van der Waals surface area contributed by atoms with Crippen molar-refractivity contribution in [3.05, 3.63) is 68.4 Å². The van der Waals surface area contributed by atoms with Gasteiger partial charge in [0.2, 0.25) is 0 Å². The van der Waals surface area contributed by atoms with Gasteiger partial charge in [-0.05, 0) is 29.7 Å². The van der Waals surface area contributed by atoms with E-state index >= 15 is 0 Å². The summed E-state index contributed by atoms with van der Waals surface area (Å²) in [4.78, 5) is 0. The lowest BCUT2D eigenvalue weighted by molar-refractivity contribution is 0.619. The van der Waals surface area contributed by atoms with E-state index in [1.807, 2.05) is 6.07 Å². The summed E-state index contributed by atoms with van der Waals surface area (Å²) >= 11 is 18.0. The Kier molecular flexibility index (Phi) is 4.69. The molecule has 0 aromatic heterocycles. The third kappa shape index (κ3) is 3.21. The van der Waals surface area contributed by atoms with Crippen LogP contribution in [-0.4, -0.2) is 0 Å². The van der Waals surface area contributed by atoms with Gasteiger partial charge < -0.3 is 5.73 Å². The molecule has 0 spiro atoms. The van der Waals surface area contributed by atoms with E-state index in [4.69, 9.17) is 40.5 Å². The second-order valence-electron chi connectivity index (χ2n) is 4.17. The summed E-state index contributed by atoms with van der Waals surface area (Å²) in [6.45, 7) is 0. The second kappa shape index (κ2) is 6.10. The Labute approximate surface area is 126 Å². The quantitative estimate of drug-likeness (QED) is 0.844. The molecule has 2 aromatic rings. The number of nitrogens with two attached hydrogens (primary N) is 1. The highest BCUT2D eigenvalue weighted by molar-refractivity contribution is 6.42. The molecular formula is C14H11Cl3FN. The average molecular weight is 319 g/mol. The standard InChI is InChI=1S/C14H11Cl3FN/c15-10-5-1-3-8(13(10)16)7-12(19)9-4-2-6-11(18)14(9)17/h1-6,12H,7,19H2. The molecule has 1 unspecified atom stereocenters. The van der Waals surface area contributed by atoms with Gasteiger partial charge in [-0.2, -0.15) is 0 Å². The zero-order valence-electron chi connectivity index (χ0n) is 9.84. The summed E-state index contributed by atoms with van der Waals surface area (Å²) in [5, 5.41) is 0.983. The van der Waals surface area contributed by atoms with Crippen molar-refractivity contribution >= 4 is 34.8 Å². The molecule has 1 nitrogen and oxygen atoms in total. The highest BCUT2D eigenvalue weighted by atomic mass is 35.5. The van der Waals surface area contributed by atoms with Crippen molar-refractivity contribution in [1.29, 1.82) is 0 Å². The first-order valence-electron chi connectivity index (χ1n) is 5.63. The molecule has 0 aliphatic carbocycles. The van der Waals surface area contributed by atoms with Gasteiger partial charge in [0.25, 0.3) is 0 Å². The van der Waals surface area contributed by atoms with Crippen LogP contribution in [0.3, 0.4) is 0 Å². The van der Waals surface area contributed by atoms with Gasteiger partial charge in [0, 0.05) is 6.04 Å². The summed E-state index contributed by atoms with van der Waals surface area (Å²) in [5.41, 5.74) is 7.42. The monoisotopic (exact) mass is 317 g/mol. The lowest BCUT2D eigenvalue weighted by atomic mass is 9.99. The minimum atomic E-state index is -0.480. The second-order valence-corrected chi connectivity index (χ2v) is 5.33. The van der Waals surface area contributed by atoms with Crippen molar-refractivity contribution in [2.45, 2.75) is 12.5 Å². The molecule has 2 N–H and O–H groups in total. The SMILES string of the molecule is NC(Cc1cccc(Cl)c1Cl)c1cccc(F)c1Cl. The van der Waals surface area contributed by atoms with E-state index in [1.165, 1.54) is 6.07 Å². The van der Waals surface area contributed by atoms with E-state index < -0.39 is 11.9 Å². The highest BCUT2D eigenvalue weighted by Crippen LogP contribution is 2.31. The molecule has 2 aromatic carbocycles. The highest BCUT2D eigenvalue weighted by Gasteiger charge is 2.15. The van der Waals surface area contributed by atoms with Gasteiger partial charge in [0.05, 0.1) is 15.1 Å². The maximum atomic E-state index is 13.4. The van der Waals surface area contributed by atoms with Crippen LogP contribution in [0.25, 0.3) is 0 Å². The maximum Gasteiger partial charge on any atom is 0.142 e. The molecule has 19 heavy (non-hydrogen) atoms. The predicted molar refractivity (Wildman–Crippen MR) is 78.5 cm³/mol. The number of hydrogen-bond acceptors (Lipinski definition) is 1. The molecule has 0 aliphatic rings. The number of benzene rings is 2. The first-order chi connectivity index (χ1) is 9.00. The Hall–Kier alpha value is -0.800. The van der Waals surface area contributed by atoms with Crippen LogP contribution in [0.5, 0.6) is 0 Å². The molecule has 1 atom stereocenters. The van der Waals surface area contributed by atoms with Crippen LogP contribution in [0.4, 0.5) is 4.39 Å². The topological polar surface area (TPSA) is 26.0 Å². The Bertz CT molecular complexity index is 601. The number of rotatable bonds is 3. The summed E-state index contributed by atoms with van der Waals surface area (Å²) < 4.78 is 13.4. The van der Waals surface area contributed by atoms with Gasteiger partial charge in [-0.3, -0.25) is 0 Å². The number of halogens is 4. The molecule has 0 aliphatic heterocycles. The van der Waals surface area contributed by atoms with E-state index in [2.05, 4.69) is 0 Å². The normalized spacial score (nSPS) is 12.5. The van der Waals surface area contributed by atoms with Gasteiger partial charge in [-0.1, -0.05) is 59.1 Å². The van der Waals surface area contributed by atoms with Crippen LogP contribution in [0.1, 0.15) is 17.2 Å². The molecule has 0 saturated heterocycles. The zero-order valence-corrected chi connectivity index (χ0v) is 12.1. The van der Waals surface area contributed by atoms with E-state index in [1.54, 1.807) is 24.3 Å². The van der Waals surface area contributed by atoms with Crippen LogP contribution >= 0.6 is 34.8 Å². The molecule has 0 bridgehead atoms. The Morgan fingerprint density at radius 3 is 2.42 bits per heavy atom. The lowest BCUT2D eigenvalue weighted by Gasteiger charge is -2.15. The van der Waals surface area contributed by atoms with Gasteiger partial charge in [-0.25, -0.2) is 4.39 Å². The van der Waals surface area contributed by atoms with Gasteiger partial charge in [0.15, 0.2) is 0 Å². The minimum absolute atomic E-state index is 0.0492. The fourth-order valence-electron chi connectivity index (χ4n) is 1.86. The van der Waals surface area contributed by atoms with Crippen molar-refractivity contribution in [2.75, 3.05) is 0 Å². The molecule has 2 rings (SSSR count). The molecule has 0 saturated carbocycles. The molecule has 0 heterocycles. The van der Waals surface area contributed by atoms with Crippen molar-refractivity contribution in [1.82, 2.24) is 0 Å². The lowest BCUT2D eigenvalue weighted by Crippen LogP contribution is -2.14. The van der Waals surface area contributed by atoms with Crippen LogP contribution in [0.15, 0.2) is 36.4 Å². The fraction of sp³-hybridized carbons (Fsp3) is 0.143. The average Bonchev–Trinajstić information content (AvgIpc) is 2.38. The van der Waals surface area contributed by atoms with Crippen molar-refractivity contribution in [3.63, 3.8) is 0 Å². The summed E-state index contributed by atoms with van der Waals surface area (Å²) in [6, 6.07) is 9.47. The largest absolute Gasteiger partial charge is 0.324 e. The molecular weight excluding hydrogens is 308 g/mol. The smallest absolute Gasteiger partial charge is 0.142 e. The third-order valence-corrected chi connectivity index (χ3v) is 4.11. The predicted octanol–water partition coefficient (Wildman–Crippen LogP) is 5.03. The first kappa shape index (κ1) is 14.6. The maximum absolute atomic E-state index is 13.4. The van der Waals surface area contributed by atoms with Crippen LogP contribution in [-0.2, 0) is 6.42 Å². The van der Waals surface area contributed by atoms with Crippen molar-refractivity contribution in [2.24, 2.45) is 5.73 Å². The minimum Gasteiger partial charge on any atom is -0.324 e. The van der Waals surface area contributed by atoms with Crippen molar-refractivity contribution < 1.29 is 4.39 Å². The zero-order chi connectivity index (χ0) is 14.0. The van der Waals surface area contributed by atoms with E-state index in [0.717, 1.165) is 5.56 Å².